The Bertz CT molecular complexity index is 2180. The molecular formula is C38H27BN2SSi. The van der Waals surface area contributed by atoms with Crippen molar-refractivity contribution in [2.75, 3.05) is 9.71 Å². The van der Waals surface area contributed by atoms with Crippen molar-refractivity contribution >= 4 is 76.4 Å². The van der Waals surface area contributed by atoms with E-state index in [1.165, 1.54) is 81.8 Å². The fourth-order valence-corrected chi connectivity index (χ4v) is 12.2. The number of hydrogen-bond donors (Lipinski definition) is 0. The monoisotopic (exact) mass is 582 g/mol. The Morgan fingerprint density at radius 2 is 1.28 bits per heavy atom. The molecule has 0 amide bonds. The molecule has 0 bridgehead atoms. The van der Waals surface area contributed by atoms with Gasteiger partial charge < -0.3 is 9.71 Å². The van der Waals surface area contributed by atoms with Gasteiger partial charge in [-0.1, -0.05) is 116 Å². The van der Waals surface area contributed by atoms with Crippen molar-refractivity contribution in [1.82, 2.24) is 0 Å². The van der Waals surface area contributed by atoms with Crippen LogP contribution in [0.25, 0.3) is 22.3 Å². The summed E-state index contributed by atoms with van der Waals surface area (Å²) in [7, 11) is -1.96. The van der Waals surface area contributed by atoms with Crippen molar-refractivity contribution < 1.29 is 0 Å². The molecule has 0 aliphatic carbocycles. The SMILES string of the molecule is C[Si]1(C)c2ccccc2N2c3cc(-c4ccccc4)cc4c3B(c3cccc1c32)N1c2ccccc2Sc2cccc-4c21. The molecule has 43 heavy (non-hydrogen) atoms. The van der Waals surface area contributed by atoms with Gasteiger partial charge in [-0.05, 0) is 74.4 Å². The second-order valence-electron chi connectivity index (χ2n) is 12.5. The van der Waals surface area contributed by atoms with Gasteiger partial charge in [0.1, 0.15) is 8.07 Å². The molecule has 4 aliphatic rings. The largest absolute Gasteiger partial charge is 0.374 e. The van der Waals surface area contributed by atoms with E-state index in [2.05, 4.69) is 150 Å². The first-order valence-corrected chi connectivity index (χ1v) is 18.9. The van der Waals surface area contributed by atoms with Gasteiger partial charge in [0.05, 0.1) is 5.69 Å². The van der Waals surface area contributed by atoms with E-state index in [1.54, 1.807) is 0 Å². The number of nitrogens with zero attached hydrogens (tertiary/aromatic N) is 2. The van der Waals surface area contributed by atoms with Crippen molar-refractivity contribution in [2.45, 2.75) is 22.9 Å². The molecule has 0 saturated heterocycles. The topological polar surface area (TPSA) is 6.48 Å². The van der Waals surface area contributed by atoms with E-state index in [1.807, 2.05) is 11.8 Å². The molecule has 10 rings (SSSR count). The van der Waals surface area contributed by atoms with Gasteiger partial charge in [-0.15, -0.1) is 0 Å². The maximum atomic E-state index is 2.67. The van der Waals surface area contributed by atoms with E-state index < -0.39 is 8.07 Å². The highest BCUT2D eigenvalue weighted by Gasteiger charge is 2.51. The molecule has 202 valence electrons. The third-order valence-corrected chi connectivity index (χ3v) is 14.6. The fourth-order valence-electron chi connectivity index (χ4n) is 8.12. The summed E-state index contributed by atoms with van der Waals surface area (Å²) in [6.45, 7) is 5.15. The van der Waals surface area contributed by atoms with Gasteiger partial charge in [0.15, 0.2) is 0 Å². The van der Waals surface area contributed by atoms with Crippen LogP contribution in [0.2, 0.25) is 13.1 Å². The summed E-state index contributed by atoms with van der Waals surface area (Å²) in [4.78, 5) is 7.96. The van der Waals surface area contributed by atoms with Crippen LogP contribution >= 0.6 is 11.8 Å². The molecule has 0 aromatic heterocycles. The zero-order valence-electron chi connectivity index (χ0n) is 24.0. The first kappa shape index (κ1) is 24.0. The number of fused-ring (bicyclic) bond motifs is 8. The van der Waals surface area contributed by atoms with Gasteiger partial charge >= 0.3 is 6.85 Å². The van der Waals surface area contributed by atoms with E-state index in [9.17, 15) is 0 Å². The van der Waals surface area contributed by atoms with Gasteiger partial charge in [-0.25, -0.2) is 0 Å². The number of para-hydroxylation sites is 4. The molecule has 0 saturated carbocycles. The standard InChI is InChI=1S/C38H27BN2SSi/c1-43(2)34-20-9-7-17-30(34)40-31-23-25(24-12-4-3-5-13-24)22-27-26-14-10-19-33-37(26)41(29-16-6-8-18-32(29)42-33)39(36(27)31)28-15-11-21-35(43)38(28)40/h3-23H,1-2H3. The van der Waals surface area contributed by atoms with Gasteiger partial charge in [0.2, 0.25) is 0 Å². The quantitative estimate of drug-likeness (QED) is 0.184. The predicted octanol–water partition coefficient (Wildman–Crippen LogP) is 7.66. The molecule has 5 heteroatoms. The Balaban J connectivity index is 1.39. The van der Waals surface area contributed by atoms with Crippen LogP contribution in [0.3, 0.4) is 0 Å². The number of anilines is 5. The summed E-state index contributed by atoms with van der Waals surface area (Å²) >= 11 is 1.91. The Labute approximate surface area is 257 Å². The highest BCUT2D eigenvalue weighted by atomic mass is 32.2. The number of benzene rings is 6. The minimum absolute atomic E-state index is 0.0896. The molecule has 0 N–H and O–H groups in total. The Morgan fingerprint density at radius 3 is 2.16 bits per heavy atom. The molecule has 4 heterocycles. The molecule has 0 unspecified atom stereocenters. The molecule has 0 radical (unpaired) electrons. The van der Waals surface area contributed by atoms with Crippen LogP contribution in [0.5, 0.6) is 0 Å². The highest BCUT2D eigenvalue weighted by molar-refractivity contribution is 7.99. The molecular weight excluding hydrogens is 555 g/mol. The van der Waals surface area contributed by atoms with Crippen molar-refractivity contribution in [3.8, 4) is 22.3 Å². The second-order valence-corrected chi connectivity index (χ2v) is 17.9. The van der Waals surface area contributed by atoms with E-state index in [-0.39, 0.29) is 6.85 Å². The summed E-state index contributed by atoms with van der Waals surface area (Å²) in [5.41, 5.74) is 14.7. The van der Waals surface area contributed by atoms with E-state index in [0.29, 0.717) is 0 Å². The Hall–Kier alpha value is -4.45. The third-order valence-electron chi connectivity index (χ3n) is 9.99. The maximum Gasteiger partial charge on any atom is 0.333 e. The average Bonchev–Trinajstić information content (AvgIpc) is 3.05. The fraction of sp³-hybridized carbons (Fsp3) is 0.0526. The van der Waals surface area contributed by atoms with Crippen LogP contribution in [0, 0.1) is 0 Å². The van der Waals surface area contributed by atoms with E-state index in [0.717, 1.165) is 0 Å². The van der Waals surface area contributed by atoms with Crippen LogP contribution in [0.4, 0.5) is 28.4 Å². The Kier molecular flexibility index (Phi) is 4.66. The minimum Gasteiger partial charge on any atom is -0.374 e. The van der Waals surface area contributed by atoms with Gasteiger partial charge in [-0.2, -0.15) is 0 Å². The lowest BCUT2D eigenvalue weighted by Gasteiger charge is -2.51. The molecule has 0 spiro atoms. The van der Waals surface area contributed by atoms with Crippen LogP contribution in [-0.4, -0.2) is 14.9 Å². The summed E-state index contributed by atoms with van der Waals surface area (Å²) in [6, 6.07) is 48.0. The normalized spacial score (nSPS) is 15.6. The minimum atomic E-state index is -1.96. The van der Waals surface area contributed by atoms with E-state index >= 15 is 0 Å². The maximum absolute atomic E-state index is 2.67. The van der Waals surface area contributed by atoms with Crippen LogP contribution in [0.15, 0.2) is 137 Å². The van der Waals surface area contributed by atoms with Crippen molar-refractivity contribution in [3.05, 3.63) is 127 Å². The lowest BCUT2D eigenvalue weighted by Crippen LogP contribution is -2.67. The Morgan fingerprint density at radius 1 is 0.558 bits per heavy atom. The molecule has 0 atom stereocenters. The first-order valence-electron chi connectivity index (χ1n) is 15.1. The van der Waals surface area contributed by atoms with Crippen molar-refractivity contribution in [1.29, 1.82) is 0 Å². The van der Waals surface area contributed by atoms with Crippen molar-refractivity contribution in [3.63, 3.8) is 0 Å². The zero-order valence-corrected chi connectivity index (χ0v) is 25.8. The number of rotatable bonds is 1. The molecule has 4 aliphatic heterocycles. The van der Waals surface area contributed by atoms with Gasteiger partial charge in [0, 0.05) is 38.1 Å². The summed E-state index contributed by atoms with van der Waals surface area (Å²) in [5.74, 6) is 0. The molecule has 6 aromatic rings. The smallest absolute Gasteiger partial charge is 0.333 e. The van der Waals surface area contributed by atoms with Crippen molar-refractivity contribution in [2.24, 2.45) is 0 Å². The first-order chi connectivity index (χ1) is 21.1. The van der Waals surface area contributed by atoms with E-state index in [4.69, 9.17) is 0 Å². The van der Waals surface area contributed by atoms with Gasteiger partial charge in [0.25, 0.3) is 0 Å². The highest BCUT2D eigenvalue weighted by Crippen LogP contribution is 2.56. The lowest BCUT2D eigenvalue weighted by molar-refractivity contribution is 1.20. The molecule has 2 nitrogen and oxygen atoms in total. The molecule has 0 fully saturated rings. The zero-order chi connectivity index (χ0) is 28.4. The second kappa shape index (κ2) is 8.34. The lowest BCUT2D eigenvalue weighted by atomic mass is 9.43. The number of hydrogen-bond acceptors (Lipinski definition) is 3. The predicted molar refractivity (Wildman–Crippen MR) is 186 cm³/mol. The summed E-state index contributed by atoms with van der Waals surface area (Å²) < 4.78 is 0. The average molecular weight is 583 g/mol. The summed E-state index contributed by atoms with van der Waals surface area (Å²) in [5, 5.41) is 3.04. The summed E-state index contributed by atoms with van der Waals surface area (Å²) in [6.07, 6.45) is 0. The van der Waals surface area contributed by atoms with Crippen LogP contribution in [0.1, 0.15) is 0 Å². The molecule has 6 aromatic carbocycles. The van der Waals surface area contributed by atoms with Crippen LogP contribution < -0.4 is 31.0 Å². The van der Waals surface area contributed by atoms with Gasteiger partial charge in [-0.3, -0.25) is 0 Å². The third kappa shape index (κ3) is 3.01. The van der Waals surface area contributed by atoms with Crippen LogP contribution in [-0.2, 0) is 0 Å².